The van der Waals surface area contributed by atoms with E-state index in [1.165, 1.54) is 12.8 Å². The summed E-state index contributed by atoms with van der Waals surface area (Å²) in [6.45, 7) is 6.75. The van der Waals surface area contributed by atoms with Gasteiger partial charge in [-0.1, -0.05) is 0 Å². The lowest BCUT2D eigenvalue weighted by Gasteiger charge is -2.20. The molecule has 3 rings (SSSR count). The summed E-state index contributed by atoms with van der Waals surface area (Å²) in [7, 11) is 0. The van der Waals surface area contributed by atoms with E-state index in [4.69, 9.17) is 0 Å². The molecule has 2 heterocycles. The fourth-order valence-corrected chi connectivity index (χ4v) is 3.41. The predicted octanol–water partition coefficient (Wildman–Crippen LogP) is 1.73. The van der Waals surface area contributed by atoms with Gasteiger partial charge in [-0.05, 0) is 57.4 Å². The average Bonchev–Trinajstić information content (AvgIpc) is 3.20. The highest BCUT2D eigenvalue weighted by molar-refractivity contribution is 6.45. The molecule has 0 saturated carbocycles. The summed E-state index contributed by atoms with van der Waals surface area (Å²) < 4.78 is 0. The number of carbonyl (C=O) groups is 4. The third kappa shape index (κ3) is 3.65. The lowest BCUT2D eigenvalue weighted by Crippen LogP contribution is -2.40. The van der Waals surface area contributed by atoms with E-state index >= 15 is 0 Å². The van der Waals surface area contributed by atoms with Gasteiger partial charge in [0.2, 0.25) is 5.91 Å². The summed E-state index contributed by atoms with van der Waals surface area (Å²) in [6.07, 6.45) is 2.36. The highest BCUT2D eigenvalue weighted by atomic mass is 16.2. The number of urea groups is 1. The second-order valence-corrected chi connectivity index (χ2v) is 7.18. The van der Waals surface area contributed by atoms with Gasteiger partial charge in [0.15, 0.2) is 0 Å². The van der Waals surface area contributed by atoms with E-state index in [-0.39, 0.29) is 0 Å². The van der Waals surface area contributed by atoms with Gasteiger partial charge in [0.05, 0.1) is 0 Å². The van der Waals surface area contributed by atoms with Crippen molar-refractivity contribution in [2.75, 3.05) is 29.9 Å². The van der Waals surface area contributed by atoms with E-state index in [9.17, 15) is 19.2 Å². The number of nitrogens with one attached hydrogen (secondary N) is 1. The van der Waals surface area contributed by atoms with Gasteiger partial charge in [-0.3, -0.25) is 19.3 Å². The summed E-state index contributed by atoms with van der Waals surface area (Å²) in [4.78, 5) is 52.3. The van der Waals surface area contributed by atoms with Gasteiger partial charge in [0.25, 0.3) is 0 Å². The maximum Gasteiger partial charge on any atom is 0.334 e. The molecule has 0 atom stereocenters. The third-order valence-corrected chi connectivity index (χ3v) is 4.86. The topological polar surface area (TPSA) is 90.0 Å². The highest BCUT2D eigenvalue weighted by Crippen LogP contribution is 2.25. The molecule has 1 N–H and O–H groups in total. The smallest absolute Gasteiger partial charge is 0.334 e. The first-order valence-electron chi connectivity index (χ1n) is 9.14. The molecule has 27 heavy (non-hydrogen) atoms. The molecule has 2 aliphatic heterocycles. The Labute approximate surface area is 158 Å². The Bertz CT molecular complexity index is 799. The van der Waals surface area contributed by atoms with Crippen molar-refractivity contribution < 1.29 is 19.2 Å². The van der Waals surface area contributed by atoms with Crippen LogP contribution in [0.5, 0.6) is 0 Å². The molecule has 2 fully saturated rings. The normalized spacial score (nSPS) is 17.5. The Kier molecular flexibility index (Phi) is 5.16. The van der Waals surface area contributed by atoms with Crippen LogP contribution in [0, 0.1) is 6.92 Å². The number of carbonyl (C=O) groups excluding carboxylic acids is 4. The number of benzene rings is 1. The van der Waals surface area contributed by atoms with Crippen LogP contribution in [0.15, 0.2) is 18.2 Å². The first-order chi connectivity index (χ1) is 12.8. The molecule has 0 aromatic heterocycles. The molecule has 1 aromatic carbocycles. The van der Waals surface area contributed by atoms with Crippen molar-refractivity contribution in [1.29, 1.82) is 0 Å². The van der Waals surface area contributed by atoms with Crippen LogP contribution < -0.4 is 10.2 Å². The van der Waals surface area contributed by atoms with Gasteiger partial charge < -0.3 is 10.2 Å². The minimum Gasteiger partial charge on any atom is -0.372 e. The largest absolute Gasteiger partial charge is 0.372 e. The molecule has 0 aliphatic carbocycles. The van der Waals surface area contributed by atoms with Crippen LogP contribution in [0.1, 0.15) is 32.3 Å². The van der Waals surface area contributed by atoms with Crippen LogP contribution in [0.4, 0.5) is 16.2 Å². The van der Waals surface area contributed by atoms with E-state index < -0.39 is 36.3 Å². The lowest BCUT2D eigenvalue weighted by molar-refractivity contribution is -0.144. The molecule has 0 bridgehead atoms. The Balaban J connectivity index is 1.66. The predicted molar refractivity (Wildman–Crippen MR) is 100 cm³/mol. The quantitative estimate of drug-likeness (QED) is 0.628. The zero-order valence-electron chi connectivity index (χ0n) is 15.8. The zero-order valence-corrected chi connectivity index (χ0v) is 15.8. The summed E-state index contributed by atoms with van der Waals surface area (Å²) in [5, 5.41) is 2.72. The minimum absolute atomic E-state index is 0.442. The van der Waals surface area contributed by atoms with Gasteiger partial charge >= 0.3 is 17.8 Å². The summed E-state index contributed by atoms with van der Waals surface area (Å²) in [5.41, 5.74) is 2.63. The molecule has 2 aliphatic rings. The van der Waals surface area contributed by atoms with Gasteiger partial charge in [0, 0.05) is 30.5 Å². The number of anilines is 2. The standard InChI is InChI=1S/C19H24N4O4/c1-12(2)23-18(26)17(25)22(19(23)27)11-16(24)20-15-7-6-14(10-13(15)3)21-8-4-5-9-21/h6-7,10,12H,4-5,8-9,11H2,1-3H3,(H,20,24). The number of amides is 5. The minimum atomic E-state index is -0.968. The zero-order chi connectivity index (χ0) is 19.7. The number of hydrogen-bond donors (Lipinski definition) is 1. The first-order valence-corrected chi connectivity index (χ1v) is 9.14. The van der Waals surface area contributed by atoms with Crippen LogP contribution in [-0.2, 0) is 14.4 Å². The Hall–Kier alpha value is -2.90. The van der Waals surface area contributed by atoms with Crippen LogP contribution >= 0.6 is 0 Å². The van der Waals surface area contributed by atoms with Gasteiger partial charge in [-0.25, -0.2) is 9.69 Å². The average molecular weight is 372 g/mol. The first kappa shape index (κ1) is 18.9. The lowest BCUT2D eigenvalue weighted by atomic mass is 10.1. The van der Waals surface area contributed by atoms with Crippen molar-refractivity contribution in [3.63, 3.8) is 0 Å². The molecule has 2 saturated heterocycles. The molecule has 144 valence electrons. The Morgan fingerprint density at radius 3 is 2.33 bits per heavy atom. The SMILES string of the molecule is Cc1cc(N2CCCC2)ccc1NC(=O)CN1C(=O)C(=O)N(C(C)C)C1=O. The van der Waals surface area contributed by atoms with Crippen LogP contribution in [0.25, 0.3) is 0 Å². The number of aryl methyl sites for hydroxylation is 1. The molecular weight excluding hydrogens is 348 g/mol. The Morgan fingerprint density at radius 2 is 1.78 bits per heavy atom. The van der Waals surface area contributed by atoms with Crippen molar-refractivity contribution in [2.24, 2.45) is 0 Å². The maximum absolute atomic E-state index is 12.3. The molecule has 5 amide bonds. The van der Waals surface area contributed by atoms with E-state index in [0.717, 1.165) is 29.2 Å². The molecule has 0 radical (unpaired) electrons. The van der Waals surface area contributed by atoms with Crippen molar-refractivity contribution in [1.82, 2.24) is 9.80 Å². The summed E-state index contributed by atoms with van der Waals surface area (Å²) >= 11 is 0. The molecule has 1 aromatic rings. The highest BCUT2D eigenvalue weighted by Gasteiger charge is 2.46. The molecule has 8 heteroatoms. The molecule has 0 spiro atoms. The van der Waals surface area contributed by atoms with E-state index in [1.807, 2.05) is 25.1 Å². The fraction of sp³-hybridized carbons (Fsp3) is 0.474. The number of imide groups is 2. The molecule has 8 nitrogen and oxygen atoms in total. The van der Waals surface area contributed by atoms with Crippen molar-refractivity contribution in [2.45, 2.75) is 39.7 Å². The van der Waals surface area contributed by atoms with Crippen molar-refractivity contribution >= 4 is 35.1 Å². The van der Waals surface area contributed by atoms with Crippen LogP contribution in [-0.4, -0.2) is 59.2 Å². The van der Waals surface area contributed by atoms with Crippen LogP contribution in [0.3, 0.4) is 0 Å². The molecular formula is C19H24N4O4. The molecule has 0 unspecified atom stereocenters. The second kappa shape index (κ2) is 7.38. The van der Waals surface area contributed by atoms with E-state index in [1.54, 1.807) is 13.8 Å². The van der Waals surface area contributed by atoms with Gasteiger partial charge in [-0.2, -0.15) is 0 Å². The maximum atomic E-state index is 12.3. The van der Waals surface area contributed by atoms with E-state index in [0.29, 0.717) is 10.6 Å². The van der Waals surface area contributed by atoms with Gasteiger partial charge in [0.1, 0.15) is 6.54 Å². The monoisotopic (exact) mass is 372 g/mol. The van der Waals surface area contributed by atoms with Crippen LogP contribution in [0.2, 0.25) is 0 Å². The van der Waals surface area contributed by atoms with Crippen molar-refractivity contribution in [3.8, 4) is 0 Å². The second-order valence-electron chi connectivity index (χ2n) is 7.18. The summed E-state index contributed by atoms with van der Waals surface area (Å²) in [5.74, 6) is -2.38. The fourth-order valence-electron chi connectivity index (χ4n) is 3.41. The van der Waals surface area contributed by atoms with Gasteiger partial charge in [-0.15, -0.1) is 0 Å². The van der Waals surface area contributed by atoms with E-state index in [2.05, 4.69) is 10.2 Å². The summed E-state index contributed by atoms with van der Waals surface area (Å²) in [6, 6.07) is 4.58. The van der Waals surface area contributed by atoms with Crippen molar-refractivity contribution in [3.05, 3.63) is 23.8 Å². The number of hydrogen-bond acceptors (Lipinski definition) is 5. The Morgan fingerprint density at radius 1 is 1.11 bits per heavy atom. The number of rotatable bonds is 5. The third-order valence-electron chi connectivity index (χ3n) is 4.86. The number of nitrogens with zero attached hydrogens (tertiary/aromatic N) is 3.